The van der Waals surface area contributed by atoms with Gasteiger partial charge in [0, 0.05) is 12.5 Å². The number of hydrogen-bond donors (Lipinski definition) is 0. The fraction of sp³-hybridized carbons (Fsp3) is 0.375. The molecule has 2 rings (SSSR count). The summed E-state index contributed by atoms with van der Waals surface area (Å²) in [5.74, 6) is 0.234. The number of cyclic esters (lactones) is 1. The third kappa shape index (κ3) is 1.96. The molecule has 0 atom stereocenters. The Labute approximate surface area is 92.0 Å². The highest BCUT2D eigenvalue weighted by Gasteiger charge is 2.25. The van der Waals surface area contributed by atoms with Gasteiger partial charge in [0.25, 0.3) is 0 Å². The summed E-state index contributed by atoms with van der Waals surface area (Å²) in [6.45, 7) is 0.635. The molecular weight excluding hydrogens is 234 g/mol. The van der Waals surface area contributed by atoms with Crippen LogP contribution in [0.1, 0.15) is 0 Å². The van der Waals surface area contributed by atoms with E-state index in [0.717, 1.165) is 6.26 Å². The lowest BCUT2D eigenvalue weighted by Crippen LogP contribution is -2.25. The van der Waals surface area contributed by atoms with E-state index in [1.165, 1.54) is 17.2 Å². The Morgan fingerprint density at radius 3 is 2.81 bits per heavy atom. The highest BCUT2D eigenvalue weighted by Crippen LogP contribution is 2.16. The first-order valence-corrected chi connectivity index (χ1v) is 6.35. The van der Waals surface area contributed by atoms with Crippen molar-refractivity contribution in [2.45, 2.75) is 5.16 Å². The minimum absolute atomic E-state index is 0.234. The molecule has 0 aromatic carbocycles. The first-order valence-electron chi connectivity index (χ1n) is 4.46. The van der Waals surface area contributed by atoms with Crippen molar-refractivity contribution in [3.63, 3.8) is 0 Å². The van der Waals surface area contributed by atoms with Gasteiger partial charge < -0.3 is 4.74 Å². The van der Waals surface area contributed by atoms with Gasteiger partial charge >= 0.3 is 6.09 Å². The monoisotopic (exact) mass is 243 g/mol. The van der Waals surface area contributed by atoms with Crippen molar-refractivity contribution in [1.82, 2.24) is 9.97 Å². The minimum atomic E-state index is -3.47. The molecule has 1 aromatic rings. The van der Waals surface area contributed by atoms with E-state index in [-0.39, 0.29) is 17.6 Å². The van der Waals surface area contributed by atoms with Gasteiger partial charge in [0.2, 0.25) is 15.0 Å². The molecule has 1 aliphatic heterocycles. The van der Waals surface area contributed by atoms with Gasteiger partial charge in [-0.05, 0) is 6.07 Å². The lowest BCUT2D eigenvalue weighted by Gasteiger charge is -2.11. The van der Waals surface area contributed by atoms with Crippen LogP contribution in [0.4, 0.5) is 10.6 Å². The molecule has 0 aliphatic carbocycles. The average Bonchev–Trinajstić information content (AvgIpc) is 2.63. The minimum Gasteiger partial charge on any atom is -0.447 e. The molecule has 8 heteroatoms. The smallest absolute Gasteiger partial charge is 0.415 e. The van der Waals surface area contributed by atoms with Crippen molar-refractivity contribution in [3.05, 3.63) is 12.3 Å². The number of rotatable bonds is 2. The molecule has 1 amide bonds. The number of anilines is 1. The van der Waals surface area contributed by atoms with E-state index in [2.05, 4.69) is 9.97 Å². The molecule has 2 heterocycles. The summed E-state index contributed by atoms with van der Waals surface area (Å²) in [6.07, 6.45) is 1.77. The van der Waals surface area contributed by atoms with Crippen molar-refractivity contribution in [1.29, 1.82) is 0 Å². The molecule has 0 saturated carbocycles. The highest BCUT2D eigenvalue weighted by atomic mass is 32.2. The van der Waals surface area contributed by atoms with Gasteiger partial charge in [-0.1, -0.05) is 0 Å². The van der Waals surface area contributed by atoms with Crippen molar-refractivity contribution in [2.24, 2.45) is 0 Å². The summed E-state index contributed by atoms with van der Waals surface area (Å²) < 4.78 is 27.2. The Balaban J connectivity index is 2.40. The first kappa shape index (κ1) is 10.8. The number of sulfone groups is 1. The molecule has 1 aromatic heterocycles. The second kappa shape index (κ2) is 3.71. The molecule has 16 heavy (non-hydrogen) atoms. The zero-order valence-electron chi connectivity index (χ0n) is 8.45. The van der Waals surface area contributed by atoms with Crippen LogP contribution in [0.3, 0.4) is 0 Å². The van der Waals surface area contributed by atoms with Crippen LogP contribution in [0.2, 0.25) is 0 Å². The summed E-state index contributed by atoms with van der Waals surface area (Å²) in [4.78, 5) is 19.9. The van der Waals surface area contributed by atoms with Crippen LogP contribution in [0.25, 0.3) is 0 Å². The fourth-order valence-corrected chi connectivity index (χ4v) is 1.77. The third-order valence-corrected chi connectivity index (χ3v) is 2.85. The number of amides is 1. The van der Waals surface area contributed by atoms with E-state index in [9.17, 15) is 13.2 Å². The molecule has 7 nitrogen and oxygen atoms in total. The van der Waals surface area contributed by atoms with E-state index >= 15 is 0 Å². The molecule has 1 saturated heterocycles. The molecule has 0 spiro atoms. The zero-order chi connectivity index (χ0) is 11.8. The van der Waals surface area contributed by atoms with Gasteiger partial charge in [-0.2, -0.15) is 0 Å². The molecule has 0 bridgehead atoms. The molecule has 0 N–H and O–H groups in total. The Kier molecular flexibility index (Phi) is 2.50. The van der Waals surface area contributed by atoms with Crippen LogP contribution in [0, 0.1) is 0 Å². The molecule has 86 valence electrons. The van der Waals surface area contributed by atoms with Gasteiger partial charge in [-0.15, -0.1) is 0 Å². The van der Waals surface area contributed by atoms with Crippen LogP contribution < -0.4 is 4.90 Å². The van der Waals surface area contributed by atoms with Crippen molar-refractivity contribution in [3.8, 4) is 0 Å². The maximum Gasteiger partial charge on any atom is 0.415 e. The summed E-state index contributed by atoms with van der Waals surface area (Å²) in [6, 6.07) is 1.46. The lowest BCUT2D eigenvalue weighted by molar-refractivity contribution is 0.181. The predicted molar refractivity (Wildman–Crippen MR) is 53.8 cm³/mol. The van der Waals surface area contributed by atoms with E-state index in [0.29, 0.717) is 6.54 Å². The van der Waals surface area contributed by atoms with Crippen molar-refractivity contribution < 1.29 is 17.9 Å². The van der Waals surface area contributed by atoms with Crippen molar-refractivity contribution >= 4 is 21.7 Å². The van der Waals surface area contributed by atoms with Crippen LogP contribution in [0.15, 0.2) is 17.4 Å². The second-order valence-electron chi connectivity index (χ2n) is 3.24. The SMILES string of the molecule is CS(=O)(=O)c1nccc(N2CCOC2=O)n1. The van der Waals surface area contributed by atoms with E-state index in [1.807, 2.05) is 0 Å². The number of hydrogen-bond acceptors (Lipinski definition) is 6. The molecule has 1 aliphatic rings. The van der Waals surface area contributed by atoms with Crippen LogP contribution >= 0.6 is 0 Å². The van der Waals surface area contributed by atoms with Crippen LogP contribution in [-0.4, -0.2) is 43.9 Å². The Bertz CT molecular complexity index is 528. The van der Waals surface area contributed by atoms with Gasteiger partial charge in [0.15, 0.2) is 0 Å². The van der Waals surface area contributed by atoms with Crippen molar-refractivity contribution in [2.75, 3.05) is 24.3 Å². The molecular formula is C8H9N3O4S. The number of aromatic nitrogens is 2. The molecule has 1 fully saturated rings. The van der Waals surface area contributed by atoms with Gasteiger partial charge in [-0.25, -0.2) is 23.2 Å². The van der Waals surface area contributed by atoms with Gasteiger partial charge in [0.1, 0.15) is 12.4 Å². The quantitative estimate of drug-likeness (QED) is 0.670. The predicted octanol–water partition coefficient (Wildman–Crippen LogP) is -0.163. The van der Waals surface area contributed by atoms with Gasteiger partial charge in [-0.3, -0.25) is 4.90 Å². The highest BCUT2D eigenvalue weighted by molar-refractivity contribution is 7.90. The average molecular weight is 243 g/mol. The van der Waals surface area contributed by atoms with Crippen LogP contribution in [-0.2, 0) is 14.6 Å². The number of nitrogens with zero attached hydrogens (tertiary/aromatic N) is 3. The lowest BCUT2D eigenvalue weighted by atomic mass is 10.5. The summed E-state index contributed by atoms with van der Waals surface area (Å²) in [5, 5.41) is -0.301. The fourth-order valence-electron chi connectivity index (χ4n) is 1.26. The largest absolute Gasteiger partial charge is 0.447 e. The maximum atomic E-state index is 11.2. The molecule has 0 unspecified atom stereocenters. The zero-order valence-corrected chi connectivity index (χ0v) is 9.27. The molecule has 0 radical (unpaired) electrons. The second-order valence-corrected chi connectivity index (χ2v) is 5.15. The summed E-state index contributed by atoms with van der Waals surface area (Å²) >= 11 is 0. The Morgan fingerprint density at radius 1 is 1.50 bits per heavy atom. The normalized spacial score (nSPS) is 16.3. The number of ether oxygens (including phenoxy) is 1. The first-order chi connectivity index (χ1) is 7.48. The van der Waals surface area contributed by atoms with E-state index < -0.39 is 15.9 Å². The van der Waals surface area contributed by atoms with E-state index in [1.54, 1.807) is 0 Å². The van der Waals surface area contributed by atoms with Gasteiger partial charge in [0.05, 0.1) is 6.54 Å². The summed E-state index contributed by atoms with van der Waals surface area (Å²) in [7, 11) is -3.47. The topological polar surface area (TPSA) is 89.5 Å². The standard InChI is InChI=1S/C8H9N3O4S/c1-16(13,14)7-9-3-2-6(10-7)11-4-5-15-8(11)12/h2-3H,4-5H2,1H3. The van der Waals surface area contributed by atoms with E-state index in [4.69, 9.17) is 4.74 Å². The Morgan fingerprint density at radius 2 is 2.25 bits per heavy atom. The summed E-state index contributed by atoms with van der Waals surface area (Å²) in [5.41, 5.74) is 0. The maximum absolute atomic E-state index is 11.2. The van der Waals surface area contributed by atoms with Crippen LogP contribution in [0.5, 0.6) is 0 Å². The Hall–Kier alpha value is -1.70. The third-order valence-electron chi connectivity index (χ3n) is 1.99. The number of carbonyl (C=O) groups is 1. The number of carbonyl (C=O) groups excluding carboxylic acids is 1.